The predicted molar refractivity (Wildman–Crippen MR) is 93.3 cm³/mol. The number of nitrogens with one attached hydrogen (secondary N) is 1. The highest BCUT2D eigenvalue weighted by atomic mass is 79.9. The summed E-state index contributed by atoms with van der Waals surface area (Å²) in [6.07, 6.45) is 2.06. The van der Waals surface area contributed by atoms with Crippen LogP contribution in [0, 0.1) is 0 Å². The molecule has 5 heteroatoms. The highest BCUT2D eigenvalue weighted by Crippen LogP contribution is 2.36. The van der Waals surface area contributed by atoms with Crippen LogP contribution in [0.2, 0.25) is 18.1 Å². The minimum atomic E-state index is -1.72. The third-order valence-corrected chi connectivity index (χ3v) is 9.27. The first-order valence-electron chi connectivity index (χ1n) is 7.22. The van der Waals surface area contributed by atoms with Crippen molar-refractivity contribution in [3.63, 3.8) is 0 Å². The van der Waals surface area contributed by atoms with Gasteiger partial charge in [0.2, 0.25) is 0 Å². The van der Waals surface area contributed by atoms with Crippen LogP contribution in [0.15, 0.2) is 34.8 Å². The summed E-state index contributed by atoms with van der Waals surface area (Å²) >= 11 is 3.44. The van der Waals surface area contributed by atoms with Crippen molar-refractivity contribution in [2.24, 2.45) is 0 Å². The smallest absolute Gasteiger partial charge is 0.192 e. The fourth-order valence-electron chi connectivity index (χ4n) is 1.77. The molecule has 1 aromatic carbocycles. The van der Waals surface area contributed by atoms with Gasteiger partial charge in [0.25, 0.3) is 0 Å². The average molecular weight is 370 g/mol. The molecule has 0 radical (unpaired) electrons. The minimum absolute atomic E-state index is 0.0298. The summed E-state index contributed by atoms with van der Waals surface area (Å²) in [6.45, 7) is 11.9. The maximum atomic E-state index is 6.20. The number of halogens is 1. The Balaban J connectivity index is 1.97. The minimum Gasteiger partial charge on any atom is -0.414 e. The van der Waals surface area contributed by atoms with E-state index in [1.807, 2.05) is 12.1 Å². The molecule has 0 fully saturated rings. The van der Waals surface area contributed by atoms with E-state index < -0.39 is 8.32 Å². The van der Waals surface area contributed by atoms with Crippen molar-refractivity contribution in [2.45, 2.75) is 45.0 Å². The van der Waals surface area contributed by atoms with E-state index >= 15 is 0 Å². The molecule has 1 aromatic rings. The van der Waals surface area contributed by atoms with E-state index in [0.717, 1.165) is 15.7 Å². The van der Waals surface area contributed by atoms with E-state index in [2.05, 4.69) is 73.5 Å². The van der Waals surface area contributed by atoms with Gasteiger partial charge in [-0.25, -0.2) is 0 Å². The molecule has 0 aliphatic carbocycles. The van der Waals surface area contributed by atoms with Gasteiger partial charge in [-0.3, -0.25) is 10.3 Å². The largest absolute Gasteiger partial charge is 0.414 e. The first-order chi connectivity index (χ1) is 9.69. The molecule has 1 aliphatic heterocycles. The van der Waals surface area contributed by atoms with Crippen molar-refractivity contribution < 1.29 is 9.26 Å². The Labute approximate surface area is 136 Å². The topological polar surface area (TPSA) is 30.5 Å². The van der Waals surface area contributed by atoms with Crippen molar-refractivity contribution in [2.75, 3.05) is 6.61 Å². The fraction of sp³-hybridized carbons (Fsp3) is 0.500. The Morgan fingerprint density at radius 3 is 2.43 bits per heavy atom. The molecule has 1 N–H and O–H groups in total. The SMILES string of the molecule is CC(C)(C)[Si](C)(C)OC[C@@H]1C=C(c2ccc(Br)cc2)NO1. The summed E-state index contributed by atoms with van der Waals surface area (Å²) < 4.78 is 7.28. The van der Waals surface area contributed by atoms with Crippen LogP contribution in [0.1, 0.15) is 26.3 Å². The zero-order valence-electron chi connectivity index (χ0n) is 13.4. The average Bonchev–Trinajstić information content (AvgIpc) is 2.85. The molecule has 2 rings (SSSR count). The molecule has 0 saturated carbocycles. The predicted octanol–water partition coefficient (Wildman–Crippen LogP) is 4.72. The van der Waals surface area contributed by atoms with Crippen molar-refractivity contribution in [3.05, 3.63) is 40.4 Å². The Kier molecular flexibility index (Phi) is 4.98. The lowest BCUT2D eigenvalue weighted by Gasteiger charge is -2.36. The number of benzene rings is 1. The fourth-order valence-corrected chi connectivity index (χ4v) is 3.05. The summed E-state index contributed by atoms with van der Waals surface area (Å²) in [5, 5.41) is 0.220. The van der Waals surface area contributed by atoms with Gasteiger partial charge in [-0.15, -0.1) is 0 Å². The van der Waals surface area contributed by atoms with Crippen LogP contribution in [-0.4, -0.2) is 21.0 Å². The molecular weight excluding hydrogens is 346 g/mol. The molecule has 1 heterocycles. The second kappa shape index (κ2) is 6.24. The van der Waals surface area contributed by atoms with Gasteiger partial charge in [0.1, 0.15) is 6.10 Å². The summed E-state index contributed by atoms with van der Waals surface area (Å²) in [6, 6.07) is 8.17. The van der Waals surface area contributed by atoms with Gasteiger partial charge >= 0.3 is 0 Å². The van der Waals surface area contributed by atoms with Crippen molar-refractivity contribution in [1.82, 2.24) is 5.48 Å². The summed E-state index contributed by atoms with van der Waals surface area (Å²) in [5.41, 5.74) is 5.12. The maximum Gasteiger partial charge on any atom is 0.192 e. The maximum absolute atomic E-state index is 6.20. The van der Waals surface area contributed by atoms with E-state index in [1.165, 1.54) is 0 Å². The van der Waals surface area contributed by atoms with E-state index in [1.54, 1.807) is 0 Å². The van der Waals surface area contributed by atoms with E-state index in [-0.39, 0.29) is 11.1 Å². The highest BCUT2D eigenvalue weighted by Gasteiger charge is 2.37. The van der Waals surface area contributed by atoms with Gasteiger partial charge in [-0.1, -0.05) is 48.8 Å². The Morgan fingerprint density at radius 2 is 1.86 bits per heavy atom. The van der Waals surface area contributed by atoms with Gasteiger partial charge in [0.15, 0.2) is 8.32 Å². The van der Waals surface area contributed by atoms with Gasteiger partial charge in [0, 0.05) is 4.47 Å². The van der Waals surface area contributed by atoms with Gasteiger partial charge in [-0.2, -0.15) is 0 Å². The van der Waals surface area contributed by atoms with Crippen LogP contribution in [-0.2, 0) is 9.26 Å². The second-order valence-corrected chi connectivity index (χ2v) is 12.6. The zero-order chi connectivity index (χ0) is 15.7. The van der Waals surface area contributed by atoms with Crippen LogP contribution in [0.5, 0.6) is 0 Å². The second-order valence-electron chi connectivity index (χ2n) is 6.92. The van der Waals surface area contributed by atoms with Crippen molar-refractivity contribution in [1.29, 1.82) is 0 Å². The lowest BCUT2D eigenvalue weighted by atomic mass is 10.1. The molecule has 0 aromatic heterocycles. The molecule has 0 spiro atoms. The van der Waals surface area contributed by atoms with Crippen LogP contribution in [0.25, 0.3) is 5.70 Å². The van der Waals surface area contributed by atoms with Crippen LogP contribution >= 0.6 is 15.9 Å². The van der Waals surface area contributed by atoms with Gasteiger partial charge in [0.05, 0.1) is 12.3 Å². The van der Waals surface area contributed by atoms with Crippen molar-refractivity contribution in [3.8, 4) is 0 Å². The lowest BCUT2D eigenvalue weighted by Crippen LogP contribution is -2.42. The van der Waals surface area contributed by atoms with Crippen molar-refractivity contribution >= 4 is 29.9 Å². The molecule has 0 amide bonds. The Bertz CT molecular complexity index is 520. The van der Waals surface area contributed by atoms with Crippen LogP contribution < -0.4 is 5.48 Å². The number of hydrogen-bond donors (Lipinski definition) is 1. The quantitative estimate of drug-likeness (QED) is 0.779. The summed E-state index contributed by atoms with van der Waals surface area (Å²) in [7, 11) is -1.72. The standard InChI is InChI=1S/C16H24BrNO2Si/c1-16(2,3)21(4,5)19-11-14-10-15(18-20-14)12-6-8-13(17)9-7-12/h6-10,14,18H,11H2,1-5H3/t14-/m0/s1. The van der Waals surface area contributed by atoms with E-state index in [0.29, 0.717) is 6.61 Å². The highest BCUT2D eigenvalue weighted by molar-refractivity contribution is 9.10. The monoisotopic (exact) mass is 369 g/mol. The molecule has 116 valence electrons. The Hall–Kier alpha value is -0.623. The summed E-state index contributed by atoms with van der Waals surface area (Å²) in [4.78, 5) is 5.60. The van der Waals surface area contributed by atoms with Gasteiger partial charge < -0.3 is 4.43 Å². The summed E-state index contributed by atoms with van der Waals surface area (Å²) in [5.74, 6) is 0. The molecule has 1 atom stereocenters. The third-order valence-electron chi connectivity index (χ3n) is 4.24. The number of hydroxylamine groups is 1. The normalized spacial score (nSPS) is 19.3. The molecule has 0 saturated heterocycles. The zero-order valence-corrected chi connectivity index (χ0v) is 16.0. The van der Waals surface area contributed by atoms with E-state index in [4.69, 9.17) is 9.26 Å². The first-order valence-corrected chi connectivity index (χ1v) is 10.9. The lowest BCUT2D eigenvalue weighted by molar-refractivity contribution is 0.0203. The van der Waals surface area contributed by atoms with Crippen LogP contribution in [0.4, 0.5) is 0 Å². The molecule has 0 unspecified atom stereocenters. The molecule has 0 bridgehead atoms. The molecular formula is C16H24BrNO2Si. The molecule has 1 aliphatic rings. The van der Waals surface area contributed by atoms with Gasteiger partial charge in [-0.05, 0) is 41.9 Å². The molecule has 3 nitrogen and oxygen atoms in total. The van der Waals surface area contributed by atoms with Crippen LogP contribution in [0.3, 0.4) is 0 Å². The van der Waals surface area contributed by atoms with E-state index in [9.17, 15) is 0 Å². The Morgan fingerprint density at radius 1 is 1.24 bits per heavy atom. The third kappa shape index (κ3) is 4.19. The number of hydrogen-bond acceptors (Lipinski definition) is 3. The number of rotatable bonds is 4. The molecule has 21 heavy (non-hydrogen) atoms. The first kappa shape index (κ1) is 16.7.